The lowest BCUT2D eigenvalue weighted by Crippen LogP contribution is -2.47. The van der Waals surface area contributed by atoms with Gasteiger partial charge >= 0.3 is 0 Å². The van der Waals surface area contributed by atoms with Crippen LogP contribution in [0.4, 0.5) is 5.82 Å². The van der Waals surface area contributed by atoms with Crippen LogP contribution >= 0.6 is 11.6 Å². The molecular weight excluding hydrogens is 302 g/mol. The van der Waals surface area contributed by atoms with Gasteiger partial charge in [-0.2, -0.15) is 0 Å². The Kier molecular flexibility index (Phi) is 5.16. The molecule has 1 aromatic rings. The molecule has 1 aromatic heterocycles. The summed E-state index contributed by atoms with van der Waals surface area (Å²) in [7, 11) is 0. The van der Waals surface area contributed by atoms with Crippen LogP contribution in [0.3, 0.4) is 0 Å². The molecule has 2 fully saturated rings. The molecule has 2 saturated heterocycles. The monoisotopic (exact) mass is 323 g/mol. The van der Waals surface area contributed by atoms with E-state index in [0.717, 1.165) is 57.8 Å². The highest BCUT2D eigenvalue weighted by atomic mass is 35.5. The summed E-state index contributed by atoms with van der Waals surface area (Å²) < 4.78 is 5.33. The van der Waals surface area contributed by atoms with Gasteiger partial charge in [0, 0.05) is 38.5 Å². The maximum Gasteiger partial charge on any atom is 0.225 e. The normalized spacial score (nSPS) is 23.3. The van der Waals surface area contributed by atoms with E-state index < -0.39 is 0 Å². The van der Waals surface area contributed by atoms with E-state index in [2.05, 4.69) is 15.2 Å². The Labute approximate surface area is 136 Å². The number of hydrogen-bond acceptors (Lipinski definition) is 4. The second-order valence-electron chi connectivity index (χ2n) is 6.02. The van der Waals surface area contributed by atoms with Crippen LogP contribution in [0.5, 0.6) is 0 Å². The number of anilines is 1. The van der Waals surface area contributed by atoms with Crippen LogP contribution in [0.1, 0.15) is 25.7 Å². The molecule has 0 spiro atoms. The Bertz CT molecular complexity index is 503. The van der Waals surface area contributed by atoms with Gasteiger partial charge in [-0.05, 0) is 37.8 Å². The molecule has 2 aliphatic heterocycles. The summed E-state index contributed by atoms with van der Waals surface area (Å²) >= 11 is 5.88. The molecule has 2 aliphatic rings. The maximum absolute atomic E-state index is 12.5. The van der Waals surface area contributed by atoms with Gasteiger partial charge in [-0.15, -0.1) is 0 Å². The summed E-state index contributed by atoms with van der Waals surface area (Å²) in [6.07, 6.45) is 5.44. The van der Waals surface area contributed by atoms with E-state index in [1.54, 1.807) is 6.20 Å². The van der Waals surface area contributed by atoms with E-state index in [1.807, 2.05) is 12.1 Å². The van der Waals surface area contributed by atoms with Crippen molar-refractivity contribution in [2.24, 2.45) is 5.92 Å². The molecular formula is C16H22ClN3O2. The first-order chi connectivity index (χ1) is 10.7. The molecule has 0 bridgehead atoms. The summed E-state index contributed by atoms with van der Waals surface area (Å²) in [5.41, 5.74) is 0. The Morgan fingerprint density at radius 2 is 2.14 bits per heavy atom. The number of halogens is 1. The zero-order valence-electron chi connectivity index (χ0n) is 12.6. The van der Waals surface area contributed by atoms with Gasteiger partial charge in [0.15, 0.2) is 0 Å². The topological polar surface area (TPSA) is 54.5 Å². The zero-order chi connectivity index (χ0) is 15.4. The summed E-state index contributed by atoms with van der Waals surface area (Å²) in [6, 6.07) is 4.03. The molecule has 3 heterocycles. The number of amides is 1. The molecule has 1 N–H and O–H groups in total. The third kappa shape index (κ3) is 3.90. The van der Waals surface area contributed by atoms with Gasteiger partial charge in [-0.1, -0.05) is 11.6 Å². The van der Waals surface area contributed by atoms with Gasteiger partial charge in [-0.3, -0.25) is 4.79 Å². The highest BCUT2D eigenvalue weighted by Gasteiger charge is 2.28. The van der Waals surface area contributed by atoms with Crippen molar-refractivity contribution >= 4 is 23.3 Å². The molecule has 0 radical (unpaired) electrons. The van der Waals surface area contributed by atoms with Crippen molar-refractivity contribution < 1.29 is 9.53 Å². The number of rotatable bonds is 3. The number of ether oxygens (including phenoxy) is 1. The standard InChI is InChI=1S/C16H22ClN3O2/c17-13-3-4-15(18-10-13)20-7-1-2-12(11-20)16(21)19-14-5-8-22-9-6-14/h3-4,10,12,14H,1-2,5-9,11H2,(H,19,21). The molecule has 22 heavy (non-hydrogen) atoms. The average molecular weight is 324 g/mol. The number of aromatic nitrogens is 1. The minimum Gasteiger partial charge on any atom is -0.381 e. The summed E-state index contributed by atoms with van der Waals surface area (Å²) in [4.78, 5) is 19.0. The van der Waals surface area contributed by atoms with Crippen LogP contribution in [-0.2, 0) is 9.53 Å². The van der Waals surface area contributed by atoms with Crippen molar-refractivity contribution in [1.29, 1.82) is 0 Å². The molecule has 1 amide bonds. The number of carbonyl (C=O) groups excluding carboxylic acids is 1. The predicted molar refractivity (Wildman–Crippen MR) is 86.2 cm³/mol. The lowest BCUT2D eigenvalue weighted by molar-refractivity contribution is -0.126. The number of nitrogens with zero attached hydrogens (tertiary/aromatic N) is 2. The molecule has 0 saturated carbocycles. The van der Waals surface area contributed by atoms with E-state index in [-0.39, 0.29) is 17.9 Å². The molecule has 3 rings (SSSR count). The van der Waals surface area contributed by atoms with Crippen LogP contribution in [0.25, 0.3) is 0 Å². The lowest BCUT2D eigenvalue weighted by Gasteiger charge is -2.34. The van der Waals surface area contributed by atoms with E-state index >= 15 is 0 Å². The van der Waals surface area contributed by atoms with Crippen LogP contribution < -0.4 is 10.2 Å². The fraction of sp³-hybridized carbons (Fsp3) is 0.625. The van der Waals surface area contributed by atoms with E-state index in [9.17, 15) is 4.79 Å². The van der Waals surface area contributed by atoms with Gasteiger partial charge in [0.1, 0.15) is 5.82 Å². The lowest BCUT2D eigenvalue weighted by atomic mass is 9.96. The van der Waals surface area contributed by atoms with Crippen molar-refractivity contribution in [3.63, 3.8) is 0 Å². The molecule has 6 heteroatoms. The molecule has 5 nitrogen and oxygen atoms in total. The number of pyridine rings is 1. The highest BCUT2D eigenvalue weighted by molar-refractivity contribution is 6.30. The number of nitrogens with one attached hydrogen (secondary N) is 1. The van der Waals surface area contributed by atoms with Crippen molar-refractivity contribution in [1.82, 2.24) is 10.3 Å². The summed E-state index contributed by atoms with van der Waals surface area (Å²) in [6.45, 7) is 3.16. The van der Waals surface area contributed by atoms with Gasteiger partial charge in [0.25, 0.3) is 0 Å². The molecule has 120 valence electrons. The van der Waals surface area contributed by atoms with Crippen molar-refractivity contribution in [2.45, 2.75) is 31.7 Å². The number of hydrogen-bond donors (Lipinski definition) is 1. The van der Waals surface area contributed by atoms with Crippen LogP contribution in [0, 0.1) is 5.92 Å². The molecule has 0 aliphatic carbocycles. The molecule has 1 atom stereocenters. The summed E-state index contributed by atoms with van der Waals surface area (Å²) in [5.74, 6) is 1.10. The smallest absolute Gasteiger partial charge is 0.225 e. The molecule has 1 unspecified atom stereocenters. The third-order valence-corrected chi connectivity index (χ3v) is 4.62. The Balaban J connectivity index is 1.57. The first kappa shape index (κ1) is 15.6. The maximum atomic E-state index is 12.5. The third-order valence-electron chi connectivity index (χ3n) is 4.40. The SMILES string of the molecule is O=C(NC1CCOCC1)C1CCCN(c2ccc(Cl)cn2)C1. The second-order valence-corrected chi connectivity index (χ2v) is 6.45. The van der Waals surface area contributed by atoms with Crippen LogP contribution in [-0.4, -0.2) is 43.2 Å². The fourth-order valence-electron chi connectivity index (χ4n) is 3.12. The molecule has 0 aromatic carbocycles. The minimum atomic E-state index is 0.0362. The number of piperidine rings is 1. The predicted octanol–water partition coefficient (Wildman–Crippen LogP) is 2.25. The first-order valence-electron chi connectivity index (χ1n) is 7.97. The van der Waals surface area contributed by atoms with Gasteiger partial charge in [0.2, 0.25) is 5.91 Å². The quantitative estimate of drug-likeness (QED) is 0.927. The Morgan fingerprint density at radius 1 is 1.32 bits per heavy atom. The van der Waals surface area contributed by atoms with E-state index in [0.29, 0.717) is 5.02 Å². The van der Waals surface area contributed by atoms with Gasteiger partial charge < -0.3 is 15.0 Å². The highest BCUT2D eigenvalue weighted by Crippen LogP contribution is 2.23. The van der Waals surface area contributed by atoms with Gasteiger partial charge in [0.05, 0.1) is 10.9 Å². The average Bonchev–Trinajstić information content (AvgIpc) is 2.56. The largest absolute Gasteiger partial charge is 0.381 e. The Hall–Kier alpha value is -1.33. The first-order valence-corrected chi connectivity index (χ1v) is 8.35. The van der Waals surface area contributed by atoms with Crippen molar-refractivity contribution in [2.75, 3.05) is 31.2 Å². The summed E-state index contributed by atoms with van der Waals surface area (Å²) in [5, 5.41) is 3.82. The van der Waals surface area contributed by atoms with Crippen LogP contribution in [0.2, 0.25) is 5.02 Å². The zero-order valence-corrected chi connectivity index (χ0v) is 13.4. The van der Waals surface area contributed by atoms with Crippen molar-refractivity contribution in [3.05, 3.63) is 23.4 Å². The Morgan fingerprint density at radius 3 is 2.86 bits per heavy atom. The van der Waals surface area contributed by atoms with E-state index in [1.165, 1.54) is 0 Å². The van der Waals surface area contributed by atoms with Crippen molar-refractivity contribution in [3.8, 4) is 0 Å². The fourth-order valence-corrected chi connectivity index (χ4v) is 3.23. The number of carbonyl (C=O) groups is 1. The second kappa shape index (κ2) is 7.29. The van der Waals surface area contributed by atoms with Crippen LogP contribution in [0.15, 0.2) is 18.3 Å². The minimum absolute atomic E-state index is 0.0362. The van der Waals surface area contributed by atoms with E-state index in [4.69, 9.17) is 16.3 Å². The van der Waals surface area contributed by atoms with Gasteiger partial charge in [-0.25, -0.2) is 4.98 Å².